The van der Waals surface area contributed by atoms with E-state index in [9.17, 15) is 4.39 Å². The van der Waals surface area contributed by atoms with Crippen LogP contribution in [0.25, 0.3) is 11.3 Å². The first kappa shape index (κ1) is 15.2. The van der Waals surface area contributed by atoms with Gasteiger partial charge in [-0.05, 0) is 37.6 Å². The smallest absolute Gasteiger partial charge is 0.107 e. The van der Waals surface area contributed by atoms with E-state index in [1.807, 2.05) is 13.0 Å². The predicted molar refractivity (Wildman–Crippen MR) is 86.0 cm³/mol. The quantitative estimate of drug-likeness (QED) is 0.836. The van der Waals surface area contributed by atoms with Crippen LogP contribution in [0.4, 0.5) is 4.39 Å². The molecule has 1 aromatic carbocycles. The van der Waals surface area contributed by atoms with Crippen LogP contribution in [0.1, 0.15) is 10.6 Å². The summed E-state index contributed by atoms with van der Waals surface area (Å²) in [4.78, 5) is 5.55. The van der Waals surface area contributed by atoms with Gasteiger partial charge < -0.3 is 5.73 Å². The Morgan fingerprint density at radius 2 is 2.25 bits per heavy atom. The minimum Gasteiger partial charge on any atom is -0.327 e. The fraction of sp³-hybridized carbons (Fsp3) is 0.267. The summed E-state index contributed by atoms with van der Waals surface area (Å²) in [5, 5.41) is 3.13. The zero-order valence-electron chi connectivity index (χ0n) is 11.5. The second-order valence-electron chi connectivity index (χ2n) is 4.40. The third-order valence-electron chi connectivity index (χ3n) is 2.81. The van der Waals surface area contributed by atoms with Crippen LogP contribution < -0.4 is 5.73 Å². The Balaban J connectivity index is 2.12. The molecule has 0 bridgehead atoms. The number of hydrogen-bond donors (Lipinski definition) is 1. The van der Waals surface area contributed by atoms with Crippen molar-refractivity contribution in [1.82, 2.24) is 4.98 Å². The van der Waals surface area contributed by atoms with Gasteiger partial charge in [0.05, 0.1) is 10.7 Å². The Kier molecular flexibility index (Phi) is 5.34. The number of halogens is 1. The number of benzene rings is 1. The summed E-state index contributed by atoms with van der Waals surface area (Å²) >= 11 is 3.12. The zero-order valence-corrected chi connectivity index (χ0v) is 13.2. The number of thiazole rings is 1. The van der Waals surface area contributed by atoms with Crippen LogP contribution in [-0.4, -0.2) is 17.3 Å². The number of nitrogens with zero attached hydrogens (tertiary/aromatic N) is 1. The molecule has 0 radical (unpaired) electrons. The summed E-state index contributed by atoms with van der Waals surface area (Å²) in [6.07, 6.45) is 1.41. The van der Waals surface area contributed by atoms with Crippen molar-refractivity contribution in [3.8, 4) is 11.3 Å². The second-order valence-corrected chi connectivity index (χ2v) is 6.51. The third-order valence-corrected chi connectivity index (χ3v) is 4.59. The molecule has 0 saturated heterocycles. The first-order chi connectivity index (χ1) is 9.60. The Bertz CT molecular complexity index is 620. The van der Waals surface area contributed by atoms with Gasteiger partial charge in [-0.25, -0.2) is 9.37 Å². The monoisotopic (exact) mass is 308 g/mol. The van der Waals surface area contributed by atoms with E-state index in [4.69, 9.17) is 5.73 Å². The maximum absolute atomic E-state index is 13.3. The van der Waals surface area contributed by atoms with Gasteiger partial charge in [-0.3, -0.25) is 0 Å². The second kappa shape index (κ2) is 7.02. The number of aromatic nitrogens is 1. The van der Waals surface area contributed by atoms with Crippen molar-refractivity contribution in [3.05, 3.63) is 46.1 Å². The molecule has 2 rings (SSSR count). The first-order valence-electron chi connectivity index (χ1n) is 6.30. The number of thioether (sulfide) groups is 1. The molecule has 5 heteroatoms. The van der Waals surface area contributed by atoms with Crippen molar-refractivity contribution >= 4 is 23.1 Å². The van der Waals surface area contributed by atoms with Crippen LogP contribution >= 0.6 is 23.1 Å². The van der Waals surface area contributed by atoms with Crippen molar-refractivity contribution in [2.24, 2.45) is 5.73 Å². The minimum atomic E-state index is -0.172. The Labute approximate surface area is 126 Å². The molecule has 2 aromatic rings. The van der Waals surface area contributed by atoms with Crippen molar-refractivity contribution in [2.45, 2.75) is 18.7 Å². The standard InChI is InChI=1S/C15H17FN2S2/c1-10-7-13(20-8-12(16)5-6-17)3-4-14(10)15-9-19-11(2)18-15/h3-5,7,9H,6,8,17H2,1-2H3. The highest BCUT2D eigenvalue weighted by molar-refractivity contribution is 7.99. The number of rotatable bonds is 5. The minimum absolute atomic E-state index is 0.172. The average molecular weight is 308 g/mol. The summed E-state index contributed by atoms with van der Waals surface area (Å²) in [6, 6.07) is 6.14. The van der Waals surface area contributed by atoms with E-state index in [2.05, 4.69) is 29.4 Å². The third kappa shape index (κ3) is 3.91. The van der Waals surface area contributed by atoms with Crippen LogP contribution in [0.5, 0.6) is 0 Å². The Morgan fingerprint density at radius 3 is 2.85 bits per heavy atom. The molecule has 20 heavy (non-hydrogen) atoms. The highest BCUT2D eigenvalue weighted by atomic mass is 32.2. The lowest BCUT2D eigenvalue weighted by molar-refractivity contribution is 0.640. The normalized spacial score (nSPS) is 11.9. The highest BCUT2D eigenvalue weighted by Crippen LogP contribution is 2.29. The molecular formula is C15H17FN2S2. The van der Waals surface area contributed by atoms with E-state index in [-0.39, 0.29) is 12.4 Å². The van der Waals surface area contributed by atoms with E-state index >= 15 is 0 Å². The van der Waals surface area contributed by atoms with E-state index in [0.717, 1.165) is 26.7 Å². The fourth-order valence-corrected chi connectivity index (χ4v) is 3.30. The van der Waals surface area contributed by atoms with Crippen molar-refractivity contribution in [3.63, 3.8) is 0 Å². The zero-order chi connectivity index (χ0) is 14.5. The van der Waals surface area contributed by atoms with Crippen LogP contribution in [0.2, 0.25) is 0 Å². The van der Waals surface area contributed by atoms with Gasteiger partial charge in [0.2, 0.25) is 0 Å². The molecule has 0 aliphatic heterocycles. The lowest BCUT2D eigenvalue weighted by Gasteiger charge is -2.06. The van der Waals surface area contributed by atoms with Crippen molar-refractivity contribution in [1.29, 1.82) is 0 Å². The maximum Gasteiger partial charge on any atom is 0.107 e. The van der Waals surface area contributed by atoms with Gasteiger partial charge in [0.25, 0.3) is 0 Å². The van der Waals surface area contributed by atoms with Gasteiger partial charge in [0.15, 0.2) is 0 Å². The van der Waals surface area contributed by atoms with Crippen molar-refractivity contribution < 1.29 is 4.39 Å². The van der Waals surface area contributed by atoms with E-state index < -0.39 is 0 Å². The van der Waals surface area contributed by atoms with E-state index in [0.29, 0.717) is 5.75 Å². The molecule has 0 atom stereocenters. The molecule has 2 nitrogen and oxygen atoms in total. The van der Waals surface area contributed by atoms with Crippen LogP contribution in [0.3, 0.4) is 0 Å². The Morgan fingerprint density at radius 1 is 1.45 bits per heavy atom. The SMILES string of the molecule is Cc1nc(-c2ccc(SCC(F)=CCN)cc2C)cs1. The fourth-order valence-electron chi connectivity index (χ4n) is 1.84. The molecule has 0 fully saturated rings. The summed E-state index contributed by atoms with van der Waals surface area (Å²) in [7, 11) is 0. The van der Waals surface area contributed by atoms with Gasteiger partial charge in [0.1, 0.15) is 5.83 Å². The van der Waals surface area contributed by atoms with Crippen LogP contribution in [0.15, 0.2) is 40.4 Å². The molecule has 1 aromatic heterocycles. The molecule has 0 spiro atoms. The summed E-state index contributed by atoms with van der Waals surface area (Å²) in [6.45, 7) is 4.30. The van der Waals surface area contributed by atoms with Crippen molar-refractivity contribution in [2.75, 3.05) is 12.3 Å². The molecule has 0 aliphatic rings. The molecular weight excluding hydrogens is 291 g/mol. The topological polar surface area (TPSA) is 38.9 Å². The first-order valence-corrected chi connectivity index (χ1v) is 8.17. The molecule has 0 aliphatic carbocycles. The highest BCUT2D eigenvalue weighted by Gasteiger charge is 2.07. The van der Waals surface area contributed by atoms with Gasteiger partial charge in [-0.1, -0.05) is 6.07 Å². The molecule has 2 N–H and O–H groups in total. The van der Waals surface area contributed by atoms with Crippen LogP contribution in [0, 0.1) is 13.8 Å². The number of hydrogen-bond acceptors (Lipinski definition) is 4. The van der Waals surface area contributed by atoms with E-state index in [1.165, 1.54) is 17.8 Å². The summed E-state index contributed by atoms with van der Waals surface area (Å²) in [5.41, 5.74) is 8.58. The molecule has 106 valence electrons. The maximum atomic E-state index is 13.3. The van der Waals surface area contributed by atoms with Crippen LogP contribution in [-0.2, 0) is 0 Å². The average Bonchev–Trinajstić information content (AvgIpc) is 2.83. The van der Waals surface area contributed by atoms with Gasteiger partial charge in [-0.15, -0.1) is 23.1 Å². The summed E-state index contributed by atoms with van der Waals surface area (Å²) in [5.74, 6) is 0.153. The van der Waals surface area contributed by atoms with E-state index in [1.54, 1.807) is 11.3 Å². The summed E-state index contributed by atoms with van der Waals surface area (Å²) < 4.78 is 13.3. The lowest BCUT2D eigenvalue weighted by Crippen LogP contribution is -1.95. The molecule has 1 heterocycles. The van der Waals surface area contributed by atoms with Gasteiger partial charge in [0, 0.05) is 28.1 Å². The Hall–Kier alpha value is -1.17. The number of nitrogens with two attached hydrogens (primary N) is 1. The molecule has 0 amide bonds. The van der Waals surface area contributed by atoms with Gasteiger partial charge in [-0.2, -0.15) is 0 Å². The largest absolute Gasteiger partial charge is 0.327 e. The lowest BCUT2D eigenvalue weighted by atomic mass is 10.1. The molecule has 0 saturated carbocycles. The van der Waals surface area contributed by atoms with Gasteiger partial charge >= 0.3 is 0 Å². The predicted octanol–water partition coefficient (Wildman–Crippen LogP) is 4.33. The molecule has 0 unspecified atom stereocenters. The number of aryl methyl sites for hydroxylation is 2.